The number of carboxylic acid groups (broad SMARTS) is 1. The second-order valence-corrected chi connectivity index (χ2v) is 5.76. The van der Waals surface area contributed by atoms with Gasteiger partial charge in [0.1, 0.15) is 0 Å². The van der Waals surface area contributed by atoms with Crippen molar-refractivity contribution in [1.82, 2.24) is 0 Å². The summed E-state index contributed by atoms with van der Waals surface area (Å²) in [4.78, 5) is 11.2. The van der Waals surface area contributed by atoms with Crippen molar-refractivity contribution >= 4 is 17.6 Å². The van der Waals surface area contributed by atoms with Crippen LogP contribution in [0.3, 0.4) is 0 Å². The fourth-order valence-electron chi connectivity index (χ4n) is 2.89. The van der Waals surface area contributed by atoms with E-state index >= 15 is 0 Å². The van der Waals surface area contributed by atoms with Crippen LogP contribution in [-0.4, -0.2) is 17.9 Å². The Balaban J connectivity index is 2.00. The maximum Gasteiger partial charge on any atom is 0.307 e. The summed E-state index contributed by atoms with van der Waals surface area (Å²) in [7, 11) is 0. The van der Waals surface area contributed by atoms with E-state index in [1.54, 1.807) is 6.07 Å². The summed E-state index contributed by atoms with van der Waals surface area (Å²) in [6, 6.07) is 3.62. The van der Waals surface area contributed by atoms with E-state index in [2.05, 4.69) is 0 Å². The van der Waals surface area contributed by atoms with Crippen LogP contribution < -0.4 is 9.47 Å². The predicted octanol–water partition coefficient (Wildman–Crippen LogP) is 2.89. The van der Waals surface area contributed by atoms with Gasteiger partial charge in [0.15, 0.2) is 11.5 Å². The molecule has 1 aliphatic heterocycles. The van der Waals surface area contributed by atoms with Gasteiger partial charge in [-0.1, -0.05) is 25.4 Å². The van der Waals surface area contributed by atoms with Gasteiger partial charge < -0.3 is 14.6 Å². The van der Waals surface area contributed by atoms with E-state index in [-0.39, 0.29) is 24.0 Å². The van der Waals surface area contributed by atoms with E-state index in [0.29, 0.717) is 16.5 Å². The van der Waals surface area contributed by atoms with Crippen LogP contribution >= 0.6 is 11.6 Å². The molecular formula is C13H13ClO4. The average Bonchev–Trinajstić information content (AvgIpc) is 2.67. The minimum atomic E-state index is -0.765. The second kappa shape index (κ2) is 3.54. The van der Waals surface area contributed by atoms with Gasteiger partial charge in [-0.05, 0) is 23.1 Å². The topological polar surface area (TPSA) is 55.8 Å². The number of hydrogen-bond donors (Lipinski definition) is 1. The maximum absolute atomic E-state index is 11.2. The van der Waals surface area contributed by atoms with Crippen molar-refractivity contribution in [1.29, 1.82) is 0 Å². The zero-order valence-corrected chi connectivity index (χ0v) is 10.8. The molecule has 0 radical (unpaired) electrons. The van der Waals surface area contributed by atoms with Crippen molar-refractivity contribution in [2.45, 2.75) is 19.8 Å². The molecule has 2 aliphatic rings. The molecule has 1 N–H and O–H groups in total. The summed E-state index contributed by atoms with van der Waals surface area (Å²) >= 11 is 6.11. The molecule has 1 aromatic rings. The van der Waals surface area contributed by atoms with Crippen LogP contribution in [0.4, 0.5) is 0 Å². The Bertz CT molecular complexity index is 538. The highest BCUT2D eigenvalue weighted by molar-refractivity contribution is 6.32. The van der Waals surface area contributed by atoms with E-state index < -0.39 is 5.97 Å². The summed E-state index contributed by atoms with van der Waals surface area (Å²) in [5, 5.41) is 9.67. The van der Waals surface area contributed by atoms with E-state index in [1.165, 1.54) is 0 Å². The molecule has 96 valence electrons. The third-order valence-electron chi connectivity index (χ3n) is 3.90. The number of carboxylic acids is 1. The Kier molecular flexibility index (Phi) is 2.29. The largest absolute Gasteiger partial charge is 0.481 e. The fraction of sp³-hybridized carbons (Fsp3) is 0.462. The van der Waals surface area contributed by atoms with E-state index in [0.717, 1.165) is 5.56 Å². The Morgan fingerprint density at radius 2 is 2.17 bits per heavy atom. The number of fused-ring (bicyclic) bond motifs is 1. The molecule has 5 heteroatoms. The first-order valence-electron chi connectivity index (χ1n) is 5.75. The van der Waals surface area contributed by atoms with Gasteiger partial charge in [0.2, 0.25) is 6.79 Å². The van der Waals surface area contributed by atoms with E-state index in [9.17, 15) is 9.90 Å². The lowest BCUT2D eigenvalue weighted by Gasteiger charge is -2.06. The number of rotatable bonds is 2. The van der Waals surface area contributed by atoms with Crippen molar-refractivity contribution in [3.05, 3.63) is 22.7 Å². The van der Waals surface area contributed by atoms with Crippen LogP contribution in [0.1, 0.15) is 25.3 Å². The SMILES string of the molecule is CC1(C)C(C(=O)O)C1c1cc(Cl)c2c(c1)OCO2. The minimum absolute atomic E-state index is 0.0259. The molecule has 0 amide bonds. The first-order valence-corrected chi connectivity index (χ1v) is 6.12. The maximum atomic E-state index is 11.2. The first-order chi connectivity index (χ1) is 8.43. The number of halogens is 1. The molecule has 0 spiro atoms. The molecule has 1 heterocycles. The smallest absolute Gasteiger partial charge is 0.307 e. The number of aliphatic carboxylic acids is 1. The molecule has 1 fully saturated rings. The number of ether oxygens (including phenoxy) is 2. The molecule has 18 heavy (non-hydrogen) atoms. The molecule has 1 saturated carbocycles. The van der Waals surface area contributed by atoms with Crippen LogP contribution in [0.2, 0.25) is 5.02 Å². The number of benzene rings is 1. The first kappa shape index (κ1) is 11.7. The van der Waals surface area contributed by atoms with Crippen LogP contribution in [0.15, 0.2) is 12.1 Å². The van der Waals surface area contributed by atoms with Crippen molar-refractivity contribution in [2.75, 3.05) is 6.79 Å². The lowest BCUT2D eigenvalue weighted by molar-refractivity contribution is -0.139. The fourth-order valence-corrected chi connectivity index (χ4v) is 3.16. The Morgan fingerprint density at radius 3 is 2.78 bits per heavy atom. The average molecular weight is 269 g/mol. The summed E-state index contributed by atoms with van der Waals surface area (Å²) in [6.07, 6.45) is 0. The third-order valence-corrected chi connectivity index (χ3v) is 4.18. The second-order valence-electron chi connectivity index (χ2n) is 5.35. The minimum Gasteiger partial charge on any atom is -0.481 e. The highest BCUT2D eigenvalue weighted by Crippen LogP contribution is 2.65. The molecule has 2 unspecified atom stereocenters. The lowest BCUT2D eigenvalue weighted by Crippen LogP contribution is -2.03. The summed E-state index contributed by atoms with van der Waals surface area (Å²) < 4.78 is 10.5. The molecule has 4 nitrogen and oxygen atoms in total. The normalized spacial score (nSPS) is 27.1. The highest BCUT2D eigenvalue weighted by atomic mass is 35.5. The summed E-state index contributed by atoms with van der Waals surface area (Å²) in [5.41, 5.74) is 0.657. The standard InChI is InChI=1S/C13H13ClO4/c1-13(2)9(10(13)12(15)16)6-3-7(14)11-8(4-6)17-5-18-11/h3-4,9-10H,5H2,1-2H3,(H,15,16). The molecular weight excluding hydrogens is 256 g/mol. The van der Waals surface area contributed by atoms with Crippen molar-refractivity contribution in [3.63, 3.8) is 0 Å². The van der Waals surface area contributed by atoms with Crippen LogP contribution in [0, 0.1) is 11.3 Å². The van der Waals surface area contributed by atoms with Gasteiger partial charge in [-0.2, -0.15) is 0 Å². The quantitative estimate of drug-likeness (QED) is 0.896. The number of hydrogen-bond acceptors (Lipinski definition) is 3. The monoisotopic (exact) mass is 268 g/mol. The number of carbonyl (C=O) groups is 1. The van der Waals surface area contributed by atoms with E-state index in [4.69, 9.17) is 21.1 Å². The van der Waals surface area contributed by atoms with Gasteiger partial charge in [-0.3, -0.25) is 4.79 Å². The van der Waals surface area contributed by atoms with Gasteiger partial charge >= 0.3 is 5.97 Å². The van der Waals surface area contributed by atoms with E-state index in [1.807, 2.05) is 19.9 Å². The molecule has 1 aromatic carbocycles. The molecule has 1 aliphatic carbocycles. The van der Waals surface area contributed by atoms with Crippen LogP contribution in [-0.2, 0) is 4.79 Å². The van der Waals surface area contributed by atoms with Gasteiger partial charge in [0, 0.05) is 5.92 Å². The molecule has 3 rings (SSSR count). The Hall–Kier alpha value is -1.42. The van der Waals surface area contributed by atoms with Gasteiger partial charge in [0.25, 0.3) is 0 Å². The van der Waals surface area contributed by atoms with Gasteiger partial charge in [0.05, 0.1) is 10.9 Å². The third kappa shape index (κ3) is 1.48. The highest BCUT2D eigenvalue weighted by Gasteiger charge is 2.62. The summed E-state index contributed by atoms with van der Waals surface area (Å²) in [5.74, 6) is -0.00943. The molecule has 0 bridgehead atoms. The Labute approximate surface area is 109 Å². The van der Waals surface area contributed by atoms with Crippen LogP contribution in [0.25, 0.3) is 0 Å². The predicted molar refractivity (Wildman–Crippen MR) is 65.2 cm³/mol. The zero-order valence-electron chi connectivity index (χ0n) is 10.1. The van der Waals surface area contributed by atoms with Crippen molar-refractivity contribution in [2.24, 2.45) is 11.3 Å². The zero-order chi connectivity index (χ0) is 13.1. The molecule has 0 saturated heterocycles. The van der Waals surface area contributed by atoms with Crippen molar-refractivity contribution < 1.29 is 19.4 Å². The van der Waals surface area contributed by atoms with Gasteiger partial charge in [-0.25, -0.2) is 0 Å². The van der Waals surface area contributed by atoms with Crippen molar-refractivity contribution in [3.8, 4) is 11.5 Å². The molecule has 0 aromatic heterocycles. The summed E-state index contributed by atoms with van der Waals surface area (Å²) in [6.45, 7) is 4.07. The lowest BCUT2D eigenvalue weighted by atomic mass is 10.0. The Morgan fingerprint density at radius 1 is 1.44 bits per heavy atom. The van der Waals surface area contributed by atoms with Gasteiger partial charge in [-0.15, -0.1) is 0 Å². The van der Waals surface area contributed by atoms with Crippen LogP contribution in [0.5, 0.6) is 11.5 Å². The molecule has 2 atom stereocenters.